The van der Waals surface area contributed by atoms with Crippen LogP contribution < -0.4 is 10.6 Å². The van der Waals surface area contributed by atoms with Crippen LogP contribution in [0, 0.1) is 6.92 Å². The molecule has 15 heavy (non-hydrogen) atoms. The fourth-order valence-corrected chi connectivity index (χ4v) is 1.15. The van der Waals surface area contributed by atoms with Gasteiger partial charge < -0.3 is 15.2 Å². The van der Waals surface area contributed by atoms with E-state index in [1.54, 1.807) is 0 Å². The zero-order valence-electron chi connectivity index (χ0n) is 9.37. The molecule has 6 heteroatoms. The number of carbonyl (C=O) groups is 1. The first-order valence-corrected chi connectivity index (χ1v) is 4.97. The molecule has 6 nitrogen and oxygen atoms in total. The molecule has 0 unspecified atom stereocenters. The van der Waals surface area contributed by atoms with Gasteiger partial charge in [0.1, 0.15) is 11.6 Å². The smallest absolute Gasteiger partial charge is 0.233 e. The minimum absolute atomic E-state index is 0.00334. The highest BCUT2D eigenvalue weighted by molar-refractivity contribution is 5.77. The SMILES string of the molecule is CCNC(=O)CNCc1nnc(C)n1C. The number of amides is 1. The fraction of sp³-hybridized carbons (Fsp3) is 0.667. The molecule has 0 radical (unpaired) electrons. The third-order valence-corrected chi connectivity index (χ3v) is 2.13. The molecule has 1 aromatic rings. The summed E-state index contributed by atoms with van der Waals surface area (Å²) in [5, 5.41) is 13.6. The summed E-state index contributed by atoms with van der Waals surface area (Å²) in [7, 11) is 1.90. The molecule has 0 fully saturated rings. The molecule has 1 amide bonds. The molecule has 0 aliphatic carbocycles. The van der Waals surface area contributed by atoms with Crippen molar-refractivity contribution in [2.45, 2.75) is 20.4 Å². The molecule has 0 aromatic carbocycles. The van der Waals surface area contributed by atoms with Crippen molar-refractivity contribution in [3.63, 3.8) is 0 Å². The molecule has 1 rings (SSSR count). The highest BCUT2D eigenvalue weighted by Gasteiger charge is 2.04. The molecule has 0 saturated carbocycles. The Balaban J connectivity index is 2.32. The number of nitrogens with one attached hydrogen (secondary N) is 2. The summed E-state index contributed by atoms with van der Waals surface area (Å²) in [5.41, 5.74) is 0. The second-order valence-electron chi connectivity index (χ2n) is 3.28. The molecule has 84 valence electrons. The Morgan fingerprint density at radius 3 is 2.73 bits per heavy atom. The van der Waals surface area contributed by atoms with Crippen molar-refractivity contribution in [3.8, 4) is 0 Å². The van der Waals surface area contributed by atoms with Crippen LogP contribution in [0.4, 0.5) is 0 Å². The molecule has 0 aliphatic heterocycles. The van der Waals surface area contributed by atoms with Crippen molar-refractivity contribution < 1.29 is 4.79 Å². The number of nitrogens with zero attached hydrogens (tertiary/aromatic N) is 3. The maximum atomic E-state index is 11.1. The lowest BCUT2D eigenvalue weighted by molar-refractivity contribution is -0.120. The summed E-state index contributed by atoms with van der Waals surface area (Å²) < 4.78 is 1.89. The van der Waals surface area contributed by atoms with Gasteiger partial charge in [0.15, 0.2) is 0 Å². The van der Waals surface area contributed by atoms with Crippen LogP contribution in [-0.2, 0) is 18.4 Å². The van der Waals surface area contributed by atoms with Crippen LogP contribution in [0.15, 0.2) is 0 Å². The van der Waals surface area contributed by atoms with Crippen LogP contribution >= 0.6 is 0 Å². The number of aromatic nitrogens is 3. The van der Waals surface area contributed by atoms with Crippen molar-refractivity contribution in [1.82, 2.24) is 25.4 Å². The van der Waals surface area contributed by atoms with Crippen LogP contribution in [-0.4, -0.2) is 33.8 Å². The Morgan fingerprint density at radius 1 is 1.47 bits per heavy atom. The summed E-state index contributed by atoms with van der Waals surface area (Å²) in [6.07, 6.45) is 0. The van der Waals surface area contributed by atoms with Crippen molar-refractivity contribution in [2.75, 3.05) is 13.1 Å². The molecule has 0 spiro atoms. The van der Waals surface area contributed by atoms with E-state index in [0.29, 0.717) is 19.6 Å². The van der Waals surface area contributed by atoms with Gasteiger partial charge >= 0.3 is 0 Å². The maximum Gasteiger partial charge on any atom is 0.233 e. The van der Waals surface area contributed by atoms with Gasteiger partial charge in [0.2, 0.25) is 5.91 Å². The molecular weight excluding hydrogens is 194 g/mol. The standard InChI is InChI=1S/C9H17N5O/c1-4-11-9(15)6-10-5-8-13-12-7(2)14(8)3/h10H,4-6H2,1-3H3,(H,11,15). The molecule has 0 bridgehead atoms. The second-order valence-corrected chi connectivity index (χ2v) is 3.28. The minimum Gasteiger partial charge on any atom is -0.355 e. The Morgan fingerprint density at radius 2 is 2.20 bits per heavy atom. The first-order valence-electron chi connectivity index (χ1n) is 4.97. The van der Waals surface area contributed by atoms with Crippen LogP contribution in [0.5, 0.6) is 0 Å². The van der Waals surface area contributed by atoms with Crippen molar-refractivity contribution >= 4 is 5.91 Å². The van der Waals surface area contributed by atoms with E-state index in [2.05, 4.69) is 20.8 Å². The van der Waals surface area contributed by atoms with E-state index in [9.17, 15) is 4.79 Å². The predicted molar refractivity (Wildman–Crippen MR) is 56.1 cm³/mol. The van der Waals surface area contributed by atoms with Gasteiger partial charge in [0.05, 0.1) is 13.1 Å². The van der Waals surface area contributed by atoms with Gasteiger partial charge in [-0.25, -0.2) is 0 Å². The molecule has 0 aliphatic rings. The van der Waals surface area contributed by atoms with Crippen LogP contribution in [0.25, 0.3) is 0 Å². The third-order valence-electron chi connectivity index (χ3n) is 2.13. The average molecular weight is 211 g/mol. The lowest BCUT2D eigenvalue weighted by atomic mass is 10.5. The van der Waals surface area contributed by atoms with Gasteiger partial charge in [0.25, 0.3) is 0 Å². The zero-order chi connectivity index (χ0) is 11.3. The molecular formula is C9H17N5O. The van der Waals surface area contributed by atoms with E-state index in [4.69, 9.17) is 0 Å². The van der Waals surface area contributed by atoms with Crippen LogP contribution in [0.2, 0.25) is 0 Å². The number of carbonyl (C=O) groups excluding carboxylic acids is 1. The Kier molecular flexibility index (Phi) is 4.23. The van der Waals surface area contributed by atoms with Gasteiger partial charge in [-0.05, 0) is 13.8 Å². The van der Waals surface area contributed by atoms with E-state index < -0.39 is 0 Å². The van der Waals surface area contributed by atoms with Gasteiger partial charge in [0, 0.05) is 13.6 Å². The highest BCUT2D eigenvalue weighted by atomic mass is 16.1. The highest BCUT2D eigenvalue weighted by Crippen LogP contribution is 1.95. The monoisotopic (exact) mass is 211 g/mol. The number of hydrogen-bond acceptors (Lipinski definition) is 4. The van der Waals surface area contributed by atoms with Crippen molar-refractivity contribution in [2.24, 2.45) is 7.05 Å². The first kappa shape index (κ1) is 11.6. The molecule has 0 atom stereocenters. The maximum absolute atomic E-state index is 11.1. The Bertz CT molecular complexity index is 333. The van der Waals surface area contributed by atoms with Crippen molar-refractivity contribution in [1.29, 1.82) is 0 Å². The molecule has 1 aromatic heterocycles. The number of likely N-dealkylation sites (N-methyl/N-ethyl adjacent to an activating group) is 1. The fourth-order valence-electron chi connectivity index (χ4n) is 1.15. The summed E-state index contributed by atoms with van der Waals surface area (Å²) >= 11 is 0. The van der Waals surface area contributed by atoms with Gasteiger partial charge in [-0.1, -0.05) is 0 Å². The van der Waals surface area contributed by atoms with E-state index in [1.807, 2.05) is 25.5 Å². The van der Waals surface area contributed by atoms with Gasteiger partial charge in [-0.3, -0.25) is 4.79 Å². The second kappa shape index (κ2) is 5.45. The Hall–Kier alpha value is -1.43. The third kappa shape index (κ3) is 3.32. The quantitative estimate of drug-likeness (QED) is 0.679. The molecule has 0 saturated heterocycles. The van der Waals surface area contributed by atoms with E-state index >= 15 is 0 Å². The number of rotatable bonds is 5. The van der Waals surface area contributed by atoms with Gasteiger partial charge in [-0.15, -0.1) is 10.2 Å². The molecule has 1 heterocycles. The summed E-state index contributed by atoms with van der Waals surface area (Å²) in [5.74, 6) is 1.69. The Labute approximate surface area is 89.1 Å². The lowest BCUT2D eigenvalue weighted by Gasteiger charge is -2.04. The summed E-state index contributed by atoms with van der Waals surface area (Å²) in [6.45, 7) is 5.29. The average Bonchev–Trinajstić information content (AvgIpc) is 2.50. The van der Waals surface area contributed by atoms with E-state index in [1.165, 1.54) is 0 Å². The zero-order valence-corrected chi connectivity index (χ0v) is 9.37. The summed E-state index contributed by atoms with van der Waals surface area (Å²) in [6, 6.07) is 0. The number of hydrogen-bond donors (Lipinski definition) is 2. The normalized spacial score (nSPS) is 10.3. The first-order chi connectivity index (χ1) is 7.15. The number of aryl methyl sites for hydroxylation is 1. The largest absolute Gasteiger partial charge is 0.355 e. The molecule has 2 N–H and O–H groups in total. The minimum atomic E-state index is -0.00334. The predicted octanol–water partition coefficient (Wildman–Crippen LogP) is -0.651. The van der Waals surface area contributed by atoms with Crippen LogP contribution in [0.1, 0.15) is 18.6 Å². The van der Waals surface area contributed by atoms with Crippen molar-refractivity contribution in [3.05, 3.63) is 11.6 Å². The van der Waals surface area contributed by atoms with Gasteiger partial charge in [-0.2, -0.15) is 0 Å². The lowest BCUT2D eigenvalue weighted by Crippen LogP contribution is -2.33. The topological polar surface area (TPSA) is 71.8 Å². The van der Waals surface area contributed by atoms with E-state index in [0.717, 1.165) is 11.6 Å². The van der Waals surface area contributed by atoms with E-state index in [-0.39, 0.29) is 5.91 Å². The summed E-state index contributed by atoms with van der Waals surface area (Å²) in [4.78, 5) is 11.1. The van der Waals surface area contributed by atoms with Crippen LogP contribution in [0.3, 0.4) is 0 Å².